The lowest BCUT2D eigenvalue weighted by molar-refractivity contribution is -0.140. The highest BCUT2D eigenvalue weighted by atomic mass is 32.2. The highest BCUT2D eigenvalue weighted by molar-refractivity contribution is 7.92. The lowest BCUT2D eigenvalue weighted by atomic mass is 10.1. The average molecular weight is 506 g/mol. The van der Waals surface area contributed by atoms with Gasteiger partial charge in [0, 0.05) is 13.1 Å². The predicted octanol–water partition coefficient (Wildman–Crippen LogP) is 3.79. The molecule has 0 saturated heterocycles. The van der Waals surface area contributed by atoms with Crippen LogP contribution in [0, 0.1) is 25.6 Å². The van der Waals surface area contributed by atoms with Gasteiger partial charge in [-0.1, -0.05) is 45.0 Å². The van der Waals surface area contributed by atoms with Crippen molar-refractivity contribution < 1.29 is 22.4 Å². The SMILES string of the molecule is CC[C@@H](C(=O)NCC(C)C)N(Cc1ccc(F)cc1)C(=O)CN(c1cccc(C)c1C)S(C)(=O)=O. The molecule has 0 bridgehead atoms. The monoisotopic (exact) mass is 505 g/mol. The Labute approximate surface area is 208 Å². The van der Waals surface area contributed by atoms with E-state index in [1.807, 2.05) is 26.8 Å². The van der Waals surface area contributed by atoms with Crippen LogP contribution in [0.4, 0.5) is 10.1 Å². The van der Waals surface area contributed by atoms with Gasteiger partial charge in [0.25, 0.3) is 0 Å². The molecule has 0 spiro atoms. The molecule has 2 rings (SSSR count). The van der Waals surface area contributed by atoms with Gasteiger partial charge >= 0.3 is 0 Å². The fraction of sp³-hybridized carbons (Fsp3) is 0.462. The first kappa shape index (κ1) is 28.3. The van der Waals surface area contributed by atoms with Gasteiger partial charge in [-0.15, -0.1) is 0 Å². The van der Waals surface area contributed by atoms with E-state index in [1.165, 1.54) is 17.0 Å². The van der Waals surface area contributed by atoms with Crippen LogP contribution >= 0.6 is 0 Å². The van der Waals surface area contributed by atoms with Crippen LogP contribution in [0.15, 0.2) is 42.5 Å². The number of halogens is 1. The van der Waals surface area contributed by atoms with E-state index >= 15 is 0 Å². The fourth-order valence-corrected chi connectivity index (χ4v) is 4.63. The van der Waals surface area contributed by atoms with Crippen molar-refractivity contribution in [2.24, 2.45) is 5.92 Å². The van der Waals surface area contributed by atoms with Gasteiger partial charge in [0.05, 0.1) is 11.9 Å². The van der Waals surface area contributed by atoms with Crippen LogP contribution in [0.3, 0.4) is 0 Å². The van der Waals surface area contributed by atoms with Crippen molar-refractivity contribution in [3.8, 4) is 0 Å². The van der Waals surface area contributed by atoms with Gasteiger partial charge in [-0.25, -0.2) is 12.8 Å². The van der Waals surface area contributed by atoms with Crippen molar-refractivity contribution in [3.05, 3.63) is 65.0 Å². The van der Waals surface area contributed by atoms with Crippen LogP contribution in [-0.4, -0.2) is 50.5 Å². The smallest absolute Gasteiger partial charge is 0.244 e. The zero-order valence-electron chi connectivity index (χ0n) is 21.3. The molecular formula is C26H36FN3O4S. The zero-order chi connectivity index (χ0) is 26.3. The molecule has 0 aliphatic carbocycles. The van der Waals surface area contributed by atoms with Crippen LogP contribution in [0.5, 0.6) is 0 Å². The number of sulfonamides is 1. The minimum atomic E-state index is -3.80. The second kappa shape index (κ2) is 12.2. The molecular weight excluding hydrogens is 469 g/mol. The molecule has 2 aromatic rings. The van der Waals surface area contributed by atoms with E-state index < -0.39 is 34.3 Å². The number of nitrogens with one attached hydrogen (secondary N) is 1. The first-order chi connectivity index (χ1) is 16.3. The Morgan fingerprint density at radius 2 is 1.69 bits per heavy atom. The second-order valence-corrected chi connectivity index (χ2v) is 11.1. The third-order valence-corrected chi connectivity index (χ3v) is 6.99. The number of carbonyl (C=O) groups excluding carboxylic acids is 2. The number of amides is 2. The maximum atomic E-state index is 13.6. The van der Waals surface area contributed by atoms with Gasteiger partial charge in [0.15, 0.2) is 0 Å². The molecule has 0 aliphatic heterocycles. The molecule has 0 radical (unpaired) electrons. The van der Waals surface area contributed by atoms with Gasteiger partial charge in [-0.3, -0.25) is 13.9 Å². The molecule has 0 saturated carbocycles. The third kappa shape index (κ3) is 7.78. The molecule has 0 aromatic heterocycles. The quantitative estimate of drug-likeness (QED) is 0.504. The van der Waals surface area contributed by atoms with E-state index in [2.05, 4.69) is 5.32 Å². The summed E-state index contributed by atoms with van der Waals surface area (Å²) < 4.78 is 40.0. The highest BCUT2D eigenvalue weighted by Crippen LogP contribution is 2.25. The van der Waals surface area contributed by atoms with E-state index in [9.17, 15) is 22.4 Å². The lowest BCUT2D eigenvalue weighted by Gasteiger charge is -2.33. The molecule has 0 heterocycles. The maximum Gasteiger partial charge on any atom is 0.244 e. The number of anilines is 1. The van der Waals surface area contributed by atoms with Gasteiger partial charge in [0.2, 0.25) is 21.8 Å². The van der Waals surface area contributed by atoms with Gasteiger partial charge in [0.1, 0.15) is 18.4 Å². The summed E-state index contributed by atoms with van der Waals surface area (Å²) in [5.74, 6) is -1.02. The van der Waals surface area contributed by atoms with Gasteiger partial charge < -0.3 is 10.2 Å². The van der Waals surface area contributed by atoms with Crippen molar-refractivity contribution in [2.75, 3.05) is 23.7 Å². The lowest BCUT2D eigenvalue weighted by Crippen LogP contribution is -2.52. The predicted molar refractivity (Wildman–Crippen MR) is 137 cm³/mol. The summed E-state index contributed by atoms with van der Waals surface area (Å²) >= 11 is 0. The number of hydrogen-bond donors (Lipinski definition) is 1. The maximum absolute atomic E-state index is 13.6. The standard InChI is InChI=1S/C26H36FN3O4S/c1-7-23(26(32)28-15-18(2)3)29(16-21-11-13-22(27)14-12-21)25(31)17-30(35(6,33)34)24-10-8-9-19(4)20(24)5/h8-14,18,23H,7,15-17H2,1-6H3,(H,28,32)/t23-/m0/s1. The minimum absolute atomic E-state index is 0.0388. The van der Waals surface area contributed by atoms with Crippen molar-refractivity contribution in [3.63, 3.8) is 0 Å². The summed E-state index contributed by atoms with van der Waals surface area (Å²) in [4.78, 5) is 28.1. The molecule has 192 valence electrons. The zero-order valence-corrected chi connectivity index (χ0v) is 22.2. The third-order valence-electron chi connectivity index (χ3n) is 5.86. The number of hydrogen-bond acceptors (Lipinski definition) is 4. The number of aryl methyl sites for hydroxylation is 1. The Kier molecular flexibility index (Phi) is 9.82. The fourth-order valence-electron chi connectivity index (χ4n) is 3.73. The topological polar surface area (TPSA) is 86.8 Å². The Bertz CT molecular complexity index is 1130. The van der Waals surface area contributed by atoms with Crippen molar-refractivity contribution in [1.29, 1.82) is 0 Å². The first-order valence-corrected chi connectivity index (χ1v) is 13.6. The normalized spacial score (nSPS) is 12.3. The molecule has 35 heavy (non-hydrogen) atoms. The van der Waals surface area contributed by atoms with E-state index in [1.54, 1.807) is 38.1 Å². The molecule has 2 amide bonds. The number of benzene rings is 2. The van der Waals surface area contributed by atoms with Crippen molar-refractivity contribution in [2.45, 2.75) is 53.6 Å². The molecule has 7 nitrogen and oxygen atoms in total. The summed E-state index contributed by atoms with van der Waals surface area (Å²) in [7, 11) is -3.80. The van der Waals surface area contributed by atoms with Crippen molar-refractivity contribution in [1.82, 2.24) is 10.2 Å². The Hall–Kier alpha value is -2.94. The van der Waals surface area contributed by atoms with Crippen LogP contribution in [-0.2, 0) is 26.2 Å². The van der Waals surface area contributed by atoms with Crippen LogP contribution in [0.25, 0.3) is 0 Å². The number of nitrogens with zero attached hydrogens (tertiary/aromatic N) is 2. The summed E-state index contributed by atoms with van der Waals surface area (Å²) in [5, 5.41) is 2.87. The Morgan fingerprint density at radius 3 is 2.23 bits per heavy atom. The van der Waals surface area contributed by atoms with E-state index in [0.29, 0.717) is 24.2 Å². The number of rotatable bonds is 11. The summed E-state index contributed by atoms with van der Waals surface area (Å²) in [6.45, 7) is 9.43. The highest BCUT2D eigenvalue weighted by Gasteiger charge is 2.32. The number of carbonyl (C=O) groups is 2. The van der Waals surface area contributed by atoms with E-state index in [4.69, 9.17) is 0 Å². The molecule has 0 aliphatic rings. The summed E-state index contributed by atoms with van der Waals surface area (Å²) in [5.41, 5.74) is 2.69. The molecule has 1 N–H and O–H groups in total. The van der Waals surface area contributed by atoms with Crippen molar-refractivity contribution >= 4 is 27.5 Å². The Morgan fingerprint density at radius 1 is 1.06 bits per heavy atom. The van der Waals surface area contributed by atoms with Gasteiger partial charge in [-0.2, -0.15) is 0 Å². The molecule has 2 aromatic carbocycles. The largest absolute Gasteiger partial charge is 0.354 e. The first-order valence-electron chi connectivity index (χ1n) is 11.7. The summed E-state index contributed by atoms with van der Waals surface area (Å²) in [6.07, 6.45) is 1.39. The summed E-state index contributed by atoms with van der Waals surface area (Å²) in [6, 6.07) is 10.1. The van der Waals surface area contributed by atoms with Crippen LogP contribution < -0.4 is 9.62 Å². The molecule has 1 atom stereocenters. The van der Waals surface area contributed by atoms with E-state index in [-0.39, 0.29) is 18.4 Å². The van der Waals surface area contributed by atoms with Crippen LogP contribution in [0.1, 0.15) is 43.9 Å². The minimum Gasteiger partial charge on any atom is -0.354 e. The Balaban J connectivity index is 2.45. The average Bonchev–Trinajstić information content (AvgIpc) is 2.78. The van der Waals surface area contributed by atoms with Crippen LogP contribution in [0.2, 0.25) is 0 Å². The van der Waals surface area contributed by atoms with E-state index in [0.717, 1.165) is 21.7 Å². The van der Waals surface area contributed by atoms with Gasteiger partial charge in [-0.05, 0) is 61.1 Å². The molecule has 0 fully saturated rings. The molecule has 9 heteroatoms. The second-order valence-electron chi connectivity index (χ2n) is 9.20. The molecule has 0 unspecified atom stereocenters.